The SMILES string of the molecule is O=C(O)CC1(NC(=O)c2cn(Cc3ccccc3)nn2)CCC1. The van der Waals surface area contributed by atoms with Gasteiger partial charge in [-0.3, -0.25) is 9.59 Å². The predicted molar refractivity (Wildman–Crippen MR) is 81.9 cm³/mol. The van der Waals surface area contributed by atoms with Gasteiger partial charge < -0.3 is 10.4 Å². The first-order valence-corrected chi connectivity index (χ1v) is 7.55. The molecular formula is C16H18N4O3. The third-order valence-electron chi connectivity index (χ3n) is 4.14. The number of carbonyl (C=O) groups is 2. The van der Waals surface area contributed by atoms with Gasteiger partial charge in [0.15, 0.2) is 5.69 Å². The topological polar surface area (TPSA) is 97.1 Å². The molecule has 1 aromatic carbocycles. The molecule has 0 unspecified atom stereocenters. The average molecular weight is 314 g/mol. The molecule has 0 atom stereocenters. The lowest BCUT2D eigenvalue weighted by Gasteiger charge is -2.41. The van der Waals surface area contributed by atoms with Crippen molar-refractivity contribution in [3.8, 4) is 0 Å². The van der Waals surface area contributed by atoms with Crippen molar-refractivity contribution >= 4 is 11.9 Å². The molecule has 1 heterocycles. The Labute approximate surface area is 133 Å². The van der Waals surface area contributed by atoms with E-state index in [1.54, 1.807) is 10.9 Å². The number of benzene rings is 1. The number of nitrogens with one attached hydrogen (secondary N) is 1. The molecule has 23 heavy (non-hydrogen) atoms. The summed E-state index contributed by atoms with van der Waals surface area (Å²) in [4.78, 5) is 23.2. The molecule has 0 radical (unpaired) electrons. The molecule has 1 saturated carbocycles. The highest BCUT2D eigenvalue weighted by Crippen LogP contribution is 2.35. The molecule has 0 bridgehead atoms. The average Bonchev–Trinajstić information content (AvgIpc) is 2.94. The highest BCUT2D eigenvalue weighted by Gasteiger charge is 2.40. The van der Waals surface area contributed by atoms with E-state index in [9.17, 15) is 9.59 Å². The van der Waals surface area contributed by atoms with Crippen molar-refractivity contribution < 1.29 is 14.7 Å². The van der Waals surface area contributed by atoms with Crippen molar-refractivity contribution in [3.05, 3.63) is 47.8 Å². The van der Waals surface area contributed by atoms with Crippen LogP contribution in [0, 0.1) is 0 Å². The smallest absolute Gasteiger partial charge is 0.305 e. The molecule has 2 N–H and O–H groups in total. The van der Waals surface area contributed by atoms with Gasteiger partial charge in [-0.2, -0.15) is 0 Å². The summed E-state index contributed by atoms with van der Waals surface area (Å²) in [5, 5.41) is 19.6. The van der Waals surface area contributed by atoms with Gasteiger partial charge in [-0.15, -0.1) is 5.10 Å². The zero-order valence-electron chi connectivity index (χ0n) is 12.6. The molecule has 1 amide bonds. The van der Waals surface area contributed by atoms with E-state index in [0.29, 0.717) is 19.4 Å². The van der Waals surface area contributed by atoms with Crippen molar-refractivity contribution in [1.82, 2.24) is 20.3 Å². The van der Waals surface area contributed by atoms with E-state index in [2.05, 4.69) is 15.6 Å². The number of carboxylic acids is 1. The number of aromatic nitrogens is 3. The van der Waals surface area contributed by atoms with Gasteiger partial charge in [0.25, 0.3) is 5.91 Å². The number of aliphatic carboxylic acids is 1. The summed E-state index contributed by atoms with van der Waals surface area (Å²) in [5.74, 6) is -1.28. The Bertz CT molecular complexity index is 707. The van der Waals surface area contributed by atoms with Gasteiger partial charge in [0.05, 0.1) is 24.7 Å². The lowest BCUT2D eigenvalue weighted by Crippen LogP contribution is -2.54. The quantitative estimate of drug-likeness (QED) is 0.841. The van der Waals surface area contributed by atoms with Crippen LogP contribution in [0.25, 0.3) is 0 Å². The number of rotatable bonds is 6. The van der Waals surface area contributed by atoms with Crippen LogP contribution in [0.2, 0.25) is 0 Å². The Balaban J connectivity index is 1.65. The first kappa shape index (κ1) is 15.2. The van der Waals surface area contributed by atoms with Crippen LogP contribution in [0.5, 0.6) is 0 Å². The normalized spacial score (nSPS) is 15.7. The van der Waals surface area contributed by atoms with E-state index in [4.69, 9.17) is 5.11 Å². The van der Waals surface area contributed by atoms with Crippen LogP contribution in [0.1, 0.15) is 41.7 Å². The lowest BCUT2D eigenvalue weighted by atomic mass is 9.74. The van der Waals surface area contributed by atoms with Gasteiger partial charge in [0.2, 0.25) is 0 Å². The van der Waals surface area contributed by atoms with Crippen molar-refractivity contribution in [2.24, 2.45) is 0 Å². The molecule has 7 heteroatoms. The zero-order chi connectivity index (χ0) is 16.3. The van der Waals surface area contributed by atoms with E-state index < -0.39 is 11.5 Å². The van der Waals surface area contributed by atoms with Crippen molar-refractivity contribution in [2.45, 2.75) is 37.8 Å². The molecular weight excluding hydrogens is 296 g/mol. The van der Waals surface area contributed by atoms with Crippen LogP contribution in [-0.4, -0.2) is 37.5 Å². The Morgan fingerprint density at radius 3 is 2.61 bits per heavy atom. The Morgan fingerprint density at radius 1 is 1.26 bits per heavy atom. The molecule has 1 fully saturated rings. The summed E-state index contributed by atoms with van der Waals surface area (Å²) in [6.07, 6.45) is 3.81. The number of hydrogen-bond acceptors (Lipinski definition) is 4. The predicted octanol–water partition coefficient (Wildman–Crippen LogP) is 1.45. The van der Waals surface area contributed by atoms with Gasteiger partial charge in [-0.25, -0.2) is 4.68 Å². The molecule has 0 spiro atoms. The monoisotopic (exact) mass is 314 g/mol. The minimum atomic E-state index is -0.905. The highest BCUT2D eigenvalue weighted by atomic mass is 16.4. The first-order valence-electron chi connectivity index (χ1n) is 7.55. The molecule has 1 aliphatic rings. The van der Waals surface area contributed by atoms with E-state index in [-0.39, 0.29) is 18.0 Å². The van der Waals surface area contributed by atoms with E-state index in [1.165, 1.54) is 0 Å². The van der Waals surface area contributed by atoms with E-state index >= 15 is 0 Å². The second-order valence-corrected chi connectivity index (χ2v) is 5.95. The number of hydrogen-bond donors (Lipinski definition) is 2. The maximum Gasteiger partial charge on any atom is 0.305 e. The molecule has 2 aromatic rings. The van der Waals surface area contributed by atoms with Crippen molar-refractivity contribution in [3.63, 3.8) is 0 Å². The fourth-order valence-corrected chi connectivity index (χ4v) is 2.79. The maximum absolute atomic E-state index is 12.3. The second-order valence-electron chi connectivity index (χ2n) is 5.95. The van der Waals surface area contributed by atoms with Crippen molar-refractivity contribution in [1.29, 1.82) is 0 Å². The summed E-state index contributed by atoms with van der Waals surface area (Å²) in [5.41, 5.74) is 0.634. The van der Waals surface area contributed by atoms with Gasteiger partial charge in [0, 0.05) is 0 Å². The summed E-state index contributed by atoms with van der Waals surface area (Å²) in [7, 11) is 0. The highest BCUT2D eigenvalue weighted by molar-refractivity contribution is 5.92. The third kappa shape index (κ3) is 3.56. The van der Waals surface area contributed by atoms with Crippen LogP contribution in [0.4, 0.5) is 0 Å². The summed E-state index contributed by atoms with van der Waals surface area (Å²) in [6, 6.07) is 9.75. The van der Waals surface area contributed by atoms with Gasteiger partial charge in [-0.1, -0.05) is 35.5 Å². The molecule has 1 aliphatic carbocycles. The molecule has 1 aromatic heterocycles. The molecule has 0 saturated heterocycles. The van der Waals surface area contributed by atoms with E-state index in [0.717, 1.165) is 12.0 Å². The second kappa shape index (κ2) is 6.20. The van der Waals surface area contributed by atoms with Crippen LogP contribution >= 0.6 is 0 Å². The minimum absolute atomic E-state index is 0.0586. The van der Waals surface area contributed by atoms with E-state index in [1.807, 2.05) is 30.3 Å². The standard InChI is InChI=1S/C16H18N4O3/c21-14(22)9-16(7-4-8-16)17-15(23)13-11-20(19-18-13)10-12-5-2-1-3-6-12/h1-3,5-6,11H,4,7-10H2,(H,17,23)(H,21,22). The minimum Gasteiger partial charge on any atom is -0.481 e. The number of amides is 1. The molecule has 120 valence electrons. The fourth-order valence-electron chi connectivity index (χ4n) is 2.79. The molecule has 3 rings (SSSR count). The number of carboxylic acid groups (broad SMARTS) is 1. The van der Waals surface area contributed by atoms with Gasteiger partial charge in [0.1, 0.15) is 0 Å². The Morgan fingerprint density at radius 2 is 2.00 bits per heavy atom. The zero-order valence-corrected chi connectivity index (χ0v) is 12.6. The van der Waals surface area contributed by atoms with Crippen LogP contribution in [-0.2, 0) is 11.3 Å². The van der Waals surface area contributed by atoms with Crippen molar-refractivity contribution in [2.75, 3.05) is 0 Å². The fraction of sp³-hybridized carbons (Fsp3) is 0.375. The number of carbonyl (C=O) groups excluding carboxylic acids is 1. The largest absolute Gasteiger partial charge is 0.481 e. The maximum atomic E-state index is 12.3. The van der Waals surface area contributed by atoms with Gasteiger partial charge in [-0.05, 0) is 24.8 Å². The first-order chi connectivity index (χ1) is 11.1. The van der Waals surface area contributed by atoms with Crippen LogP contribution in [0.3, 0.4) is 0 Å². The van der Waals surface area contributed by atoms with Crippen LogP contribution in [0.15, 0.2) is 36.5 Å². The van der Waals surface area contributed by atoms with Gasteiger partial charge >= 0.3 is 5.97 Å². The molecule has 7 nitrogen and oxygen atoms in total. The summed E-state index contributed by atoms with van der Waals surface area (Å²) >= 11 is 0. The molecule has 0 aliphatic heterocycles. The third-order valence-corrected chi connectivity index (χ3v) is 4.14. The summed E-state index contributed by atoms with van der Waals surface area (Å²) in [6.45, 7) is 0.529. The lowest BCUT2D eigenvalue weighted by molar-refractivity contribution is -0.139. The Hall–Kier alpha value is -2.70. The summed E-state index contributed by atoms with van der Waals surface area (Å²) < 4.78 is 1.59. The Kier molecular flexibility index (Phi) is 4.10. The van der Waals surface area contributed by atoms with Crippen LogP contribution < -0.4 is 5.32 Å². The number of nitrogens with zero attached hydrogens (tertiary/aromatic N) is 3.